The van der Waals surface area contributed by atoms with Crippen LogP contribution in [-0.2, 0) is 11.2 Å². The molecule has 21 heavy (non-hydrogen) atoms. The molecule has 116 valence electrons. The van der Waals surface area contributed by atoms with Crippen LogP contribution in [0, 0.1) is 0 Å². The van der Waals surface area contributed by atoms with Gasteiger partial charge in [-0.25, -0.2) is 0 Å². The fourth-order valence-electron chi connectivity index (χ4n) is 2.62. The molecule has 1 aromatic rings. The highest BCUT2D eigenvalue weighted by Gasteiger charge is 2.23. The van der Waals surface area contributed by atoms with Gasteiger partial charge in [-0.05, 0) is 24.5 Å². The number of aryl methyl sites for hydroxylation is 1. The third-order valence-corrected chi connectivity index (χ3v) is 3.70. The molecule has 1 heterocycles. The van der Waals surface area contributed by atoms with Gasteiger partial charge >= 0.3 is 0 Å². The standard InChI is InChI=1S/C16H24N2O3/c1-21-10-8-17-11-14(19)12-18-9-4-6-13-5-2-3-7-15(13)16(18)20/h2-3,5,7,14,17,19H,4,6,8-12H2,1H3. The lowest BCUT2D eigenvalue weighted by Gasteiger charge is -2.24. The van der Waals surface area contributed by atoms with Gasteiger partial charge in [0, 0.05) is 38.9 Å². The molecule has 1 aliphatic heterocycles. The van der Waals surface area contributed by atoms with Gasteiger partial charge in [-0.15, -0.1) is 0 Å². The molecule has 0 aromatic heterocycles. The number of nitrogens with one attached hydrogen (secondary N) is 1. The second-order valence-corrected chi connectivity index (χ2v) is 5.36. The van der Waals surface area contributed by atoms with Crippen molar-refractivity contribution in [2.45, 2.75) is 18.9 Å². The molecule has 0 spiro atoms. The van der Waals surface area contributed by atoms with E-state index in [4.69, 9.17) is 4.74 Å². The molecule has 1 aromatic carbocycles. The number of aliphatic hydroxyl groups excluding tert-OH is 1. The molecule has 0 saturated carbocycles. The van der Waals surface area contributed by atoms with Crippen LogP contribution in [0.1, 0.15) is 22.3 Å². The van der Waals surface area contributed by atoms with E-state index in [1.807, 2.05) is 24.3 Å². The number of methoxy groups -OCH3 is 1. The zero-order chi connectivity index (χ0) is 15.1. The molecule has 0 saturated heterocycles. The smallest absolute Gasteiger partial charge is 0.254 e. The van der Waals surface area contributed by atoms with Gasteiger partial charge in [0.25, 0.3) is 5.91 Å². The first-order valence-electron chi connectivity index (χ1n) is 7.47. The van der Waals surface area contributed by atoms with Crippen LogP contribution in [0.5, 0.6) is 0 Å². The third-order valence-electron chi connectivity index (χ3n) is 3.70. The Labute approximate surface area is 125 Å². The summed E-state index contributed by atoms with van der Waals surface area (Å²) >= 11 is 0. The molecule has 2 N–H and O–H groups in total. The largest absolute Gasteiger partial charge is 0.390 e. The van der Waals surface area contributed by atoms with Gasteiger partial charge in [0.2, 0.25) is 0 Å². The maximum absolute atomic E-state index is 12.5. The van der Waals surface area contributed by atoms with Gasteiger partial charge in [0.15, 0.2) is 0 Å². The highest BCUT2D eigenvalue weighted by molar-refractivity contribution is 5.96. The van der Waals surface area contributed by atoms with E-state index in [1.54, 1.807) is 12.0 Å². The molecule has 0 aliphatic carbocycles. The van der Waals surface area contributed by atoms with Crippen molar-refractivity contribution in [2.75, 3.05) is 39.9 Å². The molecular formula is C16H24N2O3. The number of β-amino-alcohol motifs (C(OH)–C–C–N with tert-alkyl or cyclic N) is 1. The number of carbonyl (C=O) groups is 1. The van der Waals surface area contributed by atoms with Gasteiger partial charge in [0.05, 0.1) is 12.7 Å². The number of fused-ring (bicyclic) bond motifs is 1. The predicted octanol–water partition coefficient (Wildman–Crippen LogP) is 0.672. The molecule has 0 bridgehead atoms. The number of benzene rings is 1. The van der Waals surface area contributed by atoms with Gasteiger partial charge in [-0.3, -0.25) is 4.79 Å². The zero-order valence-electron chi connectivity index (χ0n) is 12.5. The van der Waals surface area contributed by atoms with Crippen molar-refractivity contribution in [3.05, 3.63) is 35.4 Å². The van der Waals surface area contributed by atoms with E-state index in [0.717, 1.165) is 24.0 Å². The molecule has 5 nitrogen and oxygen atoms in total. The predicted molar refractivity (Wildman–Crippen MR) is 81.4 cm³/mol. The van der Waals surface area contributed by atoms with Crippen molar-refractivity contribution in [1.82, 2.24) is 10.2 Å². The summed E-state index contributed by atoms with van der Waals surface area (Å²) in [5.41, 5.74) is 1.88. The molecule has 1 atom stereocenters. The molecule has 1 unspecified atom stereocenters. The molecule has 0 radical (unpaired) electrons. The summed E-state index contributed by atoms with van der Waals surface area (Å²) < 4.78 is 4.94. The Morgan fingerprint density at radius 3 is 3.05 bits per heavy atom. The van der Waals surface area contributed by atoms with E-state index in [0.29, 0.717) is 32.8 Å². The van der Waals surface area contributed by atoms with Crippen molar-refractivity contribution in [1.29, 1.82) is 0 Å². The van der Waals surface area contributed by atoms with E-state index >= 15 is 0 Å². The number of hydrogen-bond donors (Lipinski definition) is 2. The van der Waals surface area contributed by atoms with E-state index in [1.165, 1.54) is 0 Å². The number of rotatable bonds is 7. The Hall–Kier alpha value is -1.43. The van der Waals surface area contributed by atoms with Crippen molar-refractivity contribution >= 4 is 5.91 Å². The maximum atomic E-state index is 12.5. The summed E-state index contributed by atoms with van der Waals surface area (Å²) in [5.74, 6) is 0.0269. The van der Waals surface area contributed by atoms with Crippen molar-refractivity contribution in [3.63, 3.8) is 0 Å². The number of ether oxygens (including phenoxy) is 1. The van der Waals surface area contributed by atoms with Crippen LogP contribution in [-0.4, -0.2) is 61.9 Å². The SMILES string of the molecule is COCCNCC(O)CN1CCCc2ccccc2C1=O. The minimum absolute atomic E-state index is 0.0269. The zero-order valence-corrected chi connectivity index (χ0v) is 12.5. The molecule has 0 fully saturated rings. The van der Waals surface area contributed by atoms with E-state index in [-0.39, 0.29) is 5.91 Å². The van der Waals surface area contributed by atoms with Crippen LogP contribution in [0.4, 0.5) is 0 Å². The highest BCUT2D eigenvalue weighted by Crippen LogP contribution is 2.18. The third kappa shape index (κ3) is 4.52. The summed E-state index contributed by atoms with van der Waals surface area (Å²) in [6, 6.07) is 7.75. The van der Waals surface area contributed by atoms with Crippen LogP contribution in [0.2, 0.25) is 0 Å². The lowest BCUT2D eigenvalue weighted by atomic mass is 10.0. The Bertz CT molecular complexity index is 465. The van der Waals surface area contributed by atoms with E-state index in [2.05, 4.69) is 5.32 Å². The van der Waals surface area contributed by atoms with Gasteiger partial charge in [0.1, 0.15) is 0 Å². The summed E-state index contributed by atoms with van der Waals surface area (Å²) in [6.45, 7) is 2.84. The van der Waals surface area contributed by atoms with Gasteiger partial charge < -0.3 is 20.1 Å². The van der Waals surface area contributed by atoms with Crippen molar-refractivity contribution in [2.24, 2.45) is 0 Å². The maximum Gasteiger partial charge on any atom is 0.254 e. The van der Waals surface area contributed by atoms with Crippen molar-refractivity contribution < 1.29 is 14.6 Å². The number of hydrogen-bond acceptors (Lipinski definition) is 4. The van der Waals surface area contributed by atoms with E-state index in [9.17, 15) is 9.90 Å². The van der Waals surface area contributed by atoms with Crippen LogP contribution >= 0.6 is 0 Å². The minimum atomic E-state index is -0.559. The Kier molecular flexibility index (Phi) is 6.17. The number of amides is 1. The Morgan fingerprint density at radius 1 is 1.43 bits per heavy atom. The molecule has 1 amide bonds. The average Bonchev–Trinajstić information content (AvgIpc) is 2.64. The fourth-order valence-corrected chi connectivity index (χ4v) is 2.62. The first kappa shape index (κ1) is 15.9. The molecular weight excluding hydrogens is 268 g/mol. The summed E-state index contributed by atoms with van der Waals surface area (Å²) in [4.78, 5) is 14.3. The fraction of sp³-hybridized carbons (Fsp3) is 0.562. The summed E-state index contributed by atoms with van der Waals surface area (Å²) in [7, 11) is 1.64. The molecule has 5 heteroatoms. The van der Waals surface area contributed by atoms with Gasteiger partial charge in [-0.2, -0.15) is 0 Å². The van der Waals surface area contributed by atoms with Crippen LogP contribution in [0.3, 0.4) is 0 Å². The number of carbonyl (C=O) groups excluding carboxylic acids is 1. The minimum Gasteiger partial charge on any atom is -0.390 e. The second kappa shape index (κ2) is 8.12. The van der Waals surface area contributed by atoms with Crippen LogP contribution < -0.4 is 5.32 Å². The van der Waals surface area contributed by atoms with Gasteiger partial charge in [-0.1, -0.05) is 18.2 Å². The first-order valence-corrected chi connectivity index (χ1v) is 7.47. The van der Waals surface area contributed by atoms with E-state index < -0.39 is 6.10 Å². The first-order chi connectivity index (χ1) is 10.2. The highest BCUT2D eigenvalue weighted by atomic mass is 16.5. The average molecular weight is 292 g/mol. The topological polar surface area (TPSA) is 61.8 Å². The quantitative estimate of drug-likeness (QED) is 0.725. The Balaban J connectivity index is 1.90. The molecule has 2 rings (SSSR count). The molecule has 1 aliphatic rings. The second-order valence-electron chi connectivity index (χ2n) is 5.36. The van der Waals surface area contributed by atoms with Crippen LogP contribution in [0.15, 0.2) is 24.3 Å². The summed E-state index contributed by atoms with van der Waals surface area (Å²) in [6.07, 6.45) is 1.30. The number of aliphatic hydroxyl groups is 1. The van der Waals surface area contributed by atoms with Crippen molar-refractivity contribution in [3.8, 4) is 0 Å². The summed E-state index contributed by atoms with van der Waals surface area (Å²) in [5, 5.41) is 13.2. The number of nitrogens with zero attached hydrogens (tertiary/aromatic N) is 1. The normalized spacial score (nSPS) is 16.5. The van der Waals surface area contributed by atoms with Crippen LogP contribution in [0.25, 0.3) is 0 Å². The lowest BCUT2D eigenvalue weighted by Crippen LogP contribution is -2.42. The lowest BCUT2D eigenvalue weighted by molar-refractivity contribution is 0.0625. The monoisotopic (exact) mass is 292 g/mol. The Morgan fingerprint density at radius 2 is 2.24 bits per heavy atom.